The summed E-state index contributed by atoms with van der Waals surface area (Å²) in [4.78, 5) is 0. The van der Waals surface area contributed by atoms with Crippen LogP contribution in [0.2, 0.25) is 5.02 Å². The van der Waals surface area contributed by atoms with Crippen molar-refractivity contribution in [2.45, 2.75) is 12.8 Å². The van der Waals surface area contributed by atoms with E-state index in [0.717, 1.165) is 42.3 Å². The zero-order valence-electron chi connectivity index (χ0n) is 7.85. The molecule has 0 saturated carbocycles. The summed E-state index contributed by atoms with van der Waals surface area (Å²) in [6, 6.07) is 3.92. The molecule has 0 atom stereocenters. The first-order chi connectivity index (χ1) is 6.81. The van der Waals surface area contributed by atoms with Crippen molar-refractivity contribution in [3.63, 3.8) is 0 Å². The lowest BCUT2D eigenvalue weighted by Gasteiger charge is -2.08. The highest BCUT2D eigenvalue weighted by molar-refractivity contribution is 6.30. The van der Waals surface area contributed by atoms with Crippen LogP contribution in [0, 0.1) is 0 Å². The Morgan fingerprint density at radius 1 is 1.50 bits per heavy atom. The first-order valence-corrected chi connectivity index (χ1v) is 5.06. The summed E-state index contributed by atoms with van der Waals surface area (Å²) < 4.78 is 5.55. The van der Waals surface area contributed by atoms with E-state index in [2.05, 4.69) is 5.43 Å². The standard InChI is InChI=1S/C10H13ClN2O/c11-9-5-7(1-3-13-12)10-8(6-9)2-4-14-10/h5-6,13H,1-4,12H2. The maximum Gasteiger partial charge on any atom is 0.125 e. The first-order valence-electron chi connectivity index (χ1n) is 4.69. The van der Waals surface area contributed by atoms with Crippen LogP contribution in [-0.2, 0) is 12.8 Å². The van der Waals surface area contributed by atoms with Gasteiger partial charge in [0.05, 0.1) is 6.61 Å². The molecule has 0 aliphatic carbocycles. The van der Waals surface area contributed by atoms with Crippen LogP contribution >= 0.6 is 11.6 Å². The third-order valence-corrected chi connectivity index (χ3v) is 2.58. The lowest BCUT2D eigenvalue weighted by Crippen LogP contribution is -2.24. The van der Waals surface area contributed by atoms with Crippen molar-refractivity contribution in [2.24, 2.45) is 5.84 Å². The number of benzene rings is 1. The molecule has 4 heteroatoms. The average Bonchev–Trinajstić information content (AvgIpc) is 2.61. The summed E-state index contributed by atoms with van der Waals surface area (Å²) in [5.41, 5.74) is 4.98. The number of nitrogens with two attached hydrogens (primary N) is 1. The molecule has 0 bridgehead atoms. The number of hydrogen-bond donors (Lipinski definition) is 2. The molecule has 3 nitrogen and oxygen atoms in total. The smallest absolute Gasteiger partial charge is 0.125 e. The highest BCUT2D eigenvalue weighted by Crippen LogP contribution is 2.32. The SMILES string of the molecule is NNCCc1cc(Cl)cc2c1OCC2. The number of nitrogens with one attached hydrogen (secondary N) is 1. The summed E-state index contributed by atoms with van der Waals surface area (Å²) in [5.74, 6) is 6.24. The van der Waals surface area contributed by atoms with Crippen molar-refractivity contribution in [3.8, 4) is 5.75 Å². The number of hydrazine groups is 1. The van der Waals surface area contributed by atoms with E-state index in [1.54, 1.807) is 0 Å². The molecule has 0 fully saturated rings. The number of rotatable bonds is 3. The molecule has 1 aliphatic rings. The summed E-state index contributed by atoms with van der Waals surface area (Å²) in [7, 11) is 0. The van der Waals surface area contributed by atoms with E-state index in [1.807, 2.05) is 12.1 Å². The monoisotopic (exact) mass is 212 g/mol. The van der Waals surface area contributed by atoms with Gasteiger partial charge >= 0.3 is 0 Å². The average molecular weight is 213 g/mol. The highest BCUT2D eigenvalue weighted by atomic mass is 35.5. The fourth-order valence-electron chi connectivity index (χ4n) is 1.74. The van der Waals surface area contributed by atoms with E-state index in [-0.39, 0.29) is 0 Å². The van der Waals surface area contributed by atoms with Gasteiger partial charge in [0.25, 0.3) is 0 Å². The van der Waals surface area contributed by atoms with Crippen LogP contribution in [0.3, 0.4) is 0 Å². The third-order valence-electron chi connectivity index (χ3n) is 2.36. The number of halogens is 1. The van der Waals surface area contributed by atoms with Crippen LogP contribution in [0.5, 0.6) is 5.75 Å². The Balaban J connectivity index is 2.29. The Kier molecular flexibility index (Phi) is 2.91. The number of hydrogen-bond acceptors (Lipinski definition) is 3. The molecule has 14 heavy (non-hydrogen) atoms. The Morgan fingerprint density at radius 2 is 2.36 bits per heavy atom. The molecule has 0 aromatic heterocycles. The van der Waals surface area contributed by atoms with Gasteiger partial charge in [0, 0.05) is 18.0 Å². The maximum atomic E-state index is 6.00. The van der Waals surface area contributed by atoms with Gasteiger partial charge in [-0.15, -0.1) is 0 Å². The van der Waals surface area contributed by atoms with Gasteiger partial charge in [0.1, 0.15) is 5.75 Å². The summed E-state index contributed by atoms with van der Waals surface area (Å²) >= 11 is 6.00. The molecule has 0 radical (unpaired) electrons. The van der Waals surface area contributed by atoms with Crippen molar-refractivity contribution >= 4 is 11.6 Å². The Morgan fingerprint density at radius 3 is 3.14 bits per heavy atom. The molecule has 0 unspecified atom stereocenters. The van der Waals surface area contributed by atoms with Crippen LogP contribution in [-0.4, -0.2) is 13.2 Å². The topological polar surface area (TPSA) is 47.3 Å². The second kappa shape index (κ2) is 4.17. The number of ether oxygens (including phenoxy) is 1. The summed E-state index contributed by atoms with van der Waals surface area (Å²) in [5, 5.41) is 0.779. The molecule has 2 rings (SSSR count). The first kappa shape index (κ1) is 9.77. The minimum Gasteiger partial charge on any atom is -0.493 e. The molecular formula is C10H13ClN2O. The molecule has 3 N–H and O–H groups in total. The van der Waals surface area contributed by atoms with Gasteiger partial charge in [0.2, 0.25) is 0 Å². The van der Waals surface area contributed by atoms with Gasteiger partial charge in [-0.05, 0) is 29.7 Å². The van der Waals surface area contributed by atoms with Crippen LogP contribution < -0.4 is 16.0 Å². The minimum atomic E-state index is 0.732. The van der Waals surface area contributed by atoms with Crippen LogP contribution in [0.25, 0.3) is 0 Å². The lowest BCUT2D eigenvalue weighted by atomic mass is 10.1. The van der Waals surface area contributed by atoms with Crippen LogP contribution in [0.15, 0.2) is 12.1 Å². The van der Waals surface area contributed by atoms with Crippen molar-refractivity contribution in [1.82, 2.24) is 5.43 Å². The summed E-state index contributed by atoms with van der Waals surface area (Å²) in [6.45, 7) is 1.49. The van der Waals surface area contributed by atoms with Gasteiger partial charge in [0.15, 0.2) is 0 Å². The van der Waals surface area contributed by atoms with E-state index < -0.39 is 0 Å². The second-order valence-corrected chi connectivity index (χ2v) is 3.79. The van der Waals surface area contributed by atoms with Crippen molar-refractivity contribution in [2.75, 3.05) is 13.2 Å². The predicted octanol–water partition coefficient (Wildman–Crippen LogP) is 1.28. The van der Waals surface area contributed by atoms with Gasteiger partial charge in [-0.2, -0.15) is 0 Å². The van der Waals surface area contributed by atoms with E-state index in [4.69, 9.17) is 22.2 Å². The van der Waals surface area contributed by atoms with Gasteiger partial charge in [-0.1, -0.05) is 11.6 Å². The second-order valence-electron chi connectivity index (χ2n) is 3.36. The normalized spacial score (nSPS) is 13.9. The van der Waals surface area contributed by atoms with Crippen molar-refractivity contribution < 1.29 is 4.74 Å². The predicted molar refractivity (Wildman–Crippen MR) is 56.5 cm³/mol. The molecule has 1 aromatic rings. The Bertz CT molecular complexity index is 341. The maximum absolute atomic E-state index is 6.00. The molecule has 0 saturated heterocycles. The largest absolute Gasteiger partial charge is 0.493 e. The molecule has 0 amide bonds. The molecule has 1 aromatic carbocycles. The quantitative estimate of drug-likeness (QED) is 0.586. The lowest BCUT2D eigenvalue weighted by molar-refractivity contribution is 0.353. The zero-order chi connectivity index (χ0) is 9.97. The van der Waals surface area contributed by atoms with E-state index in [0.29, 0.717) is 0 Å². The van der Waals surface area contributed by atoms with Crippen molar-refractivity contribution in [1.29, 1.82) is 0 Å². The number of fused-ring (bicyclic) bond motifs is 1. The van der Waals surface area contributed by atoms with E-state index in [9.17, 15) is 0 Å². The zero-order valence-corrected chi connectivity index (χ0v) is 8.60. The minimum absolute atomic E-state index is 0.732. The van der Waals surface area contributed by atoms with E-state index in [1.165, 1.54) is 5.56 Å². The van der Waals surface area contributed by atoms with Gasteiger partial charge < -0.3 is 4.74 Å². The Labute approximate surface area is 88.2 Å². The van der Waals surface area contributed by atoms with Crippen molar-refractivity contribution in [3.05, 3.63) is 28.3 Å². The van der Waals surface area contributed by atoms with Gasteiger partial charge in [-0.25, -0.2) is 0 Å². The van der Waals surface area contributed by atoms with Gasteiger partial charge in [-0.3, -0.25) is 11.3 Å². The summed E-state index contributed by atoms with van der Waals surface area (Å²) in [6.07, 6.45) is 1.80. The molecule has 0 spiro atoms. The van der Waals surface area contributed by atoms with E-state index >= 15 is 0 Å². The molecule has 1 aliphatic heterocycles. The Hall–Kier alpha value is -0.770. The fourth-order valence-corrected chi connectivity index (χ4v) is 2.00. The molecular weight excluding hydrogens is 200 g/mol. The van der Waals surface area contributed by atoms with Crippen LogP contribution in [0.4, 0.5) is 0 Å². The highest BCUT2D eigenvalue weighted by Gasteiger charge is 2.16. The molecule has 1 heterocycles. The van der Waals surface area contributed by atoms with Crippen LogP contribution in [0.1, 0.15) is 11.1 Å². The molecule has 76 valence electrons. The third kappa shape index (κ3) is 1.85. The fraction of sp³-hybridized carbons (Fsp3) is 0.400.